The van der Waals surface area contributed by atoms with Gasteiger partial charge in [0.05, 0.1) is 0 Å². The van der Waals surface area contributed by atoms with Gasteiger partial charge in [0.25, 0.3) is 19.2 Å². The minimum atomic E-state index is -5.04. The van der Waals surface area contributed by atoms with E-state index in [4.69, 9.17) is 30.7 Å². The molecule has 0 aliphatic carbocycles. The number of halogens is 1. The molecule has 0 saturated carbocycles. The van der Waals surface area contributed by atoms with Crippen molar-refractivity contribution in [3.63, 3.8) is 0 Å². The Morgan fingerprint density at radius 3 is 1.27 bits per heavy atom. The molecule has 48 heavy (non-hydrogen) atoms. The molecular formula is C32H19ClN8O5S2. The molecule has 0 unspecified atom stereocenters. The van der Waals surface area contributed by atoms with Gasteiger partial charge < -0.3 is 19.9 Å². The third-order valence-electron chi connectivity index (χ3n) is 8.29. The minimum absolute atomic E-state index is 0.0764. The summed E-state index contributed by atoms with van der Waals surface area (Å²) in [4.78, 5) is 30.8. The monoisotopic (exact) mass is 694 g/mol. The Bertz CT molecular complexity index is 3190. The molecule has 5 N–H and O–H groups in total. The highest BCUT2D eigenvalue weighted by Crippen LogP contribution is 2.36. The molecule has 1 aliphatic rings. The maximum atomic E-state index is 13.0. The largest absolute Gasteiger partial charge is 0.324 e. The first-order chi connectivity index (χ1) is 23.0. The molecule has 1 aliphatic heterocycles. The van der Waals surface area contributed by atoms with E-state index in [0.717, 1.165) is 22.2 Å². The third kappa shape index (κ3) is 4.32. The lowest BCUT2D eigenvalue weighted by Gasteiger charge is -2.05. The second-order valence-corrected chi connectivity index (χ2v) is 15.0. The van der Waals surface area contributed by atoms with Crippen LogP contribution in [0.1, 0.15) is 0 Å². The van der Waals surface area contributed by atoms with Crippen LogP contribution >= 0.6 is 10.7 Å². The zero-order chi connectivity index (χ0) is 32.9. The van der Waals surface area contributed by atoms with Crippen molar-refractivity contribution in [1.29, 1.82) is 0 Å². The van der Waals surface area contributed by atoms with Crippen molar-refractivity contribution in [1.82, 2.24) is 19.9 Å². The SMILES string of the molecule is O=S(=O)(O)c1ccc2c3[nH]c(c2c1S(=O)(=O)Cl)=Nc1[nH]c(c2ccccc12)N=c1[nH]c(c2ccccc12)=Nc1[nH]c(c2ccccc12)N=3. The van der Waals surface area contributed by atoms with Crippen LogP contribution in [0.15, 0.2) is 115 Å². The predicted molar refractivity (Wildman–Crippen MR) is 179 cm³/mol. The fourth-order valence-corrected chi connectivity index (χ4v) is 8.86. The van der Waals surface area contributed by atoms with Crippen LogP contribution in [0.3, 0.4) is 0 Å². The van der Waals surface area contributed by atoms with Crippen LogP contribution in [0, 0.1) is 0 Å². The smallest absolute Gasteiger partial charge is 0.295 e. The normalized spacial score (nSPS) is 13.4. The Morgan fingerprint density at radius 1 is 0.479 bits per heavy atom. The molecule has 4 aromatic heterocycles. The number of nitrogens with zero attached hydrogens (tertiary/aromatic N) is 4. The molecule has 0 radical (unpaired) electrons. The molecule has 4 aromatic carbocycles. The number of aromatic amines is 4. The summed E-state index contributed by atoms with van der Waals surface area (Å²) in [6.45, 7) is 0. The standard InChI is InChI=1S/C32H19ClN8O5S2/c33-47(42,43)24-22(48(44,45)46)14-13-21-23(24)32-40-30-20-12-6-5-11-19(20)28(38-30)36-26-16-8-2-1-7-15(16)25(34-26)35-27-17-9-3-4-10-18(17)29(37-27)39-31(21)41-32/h1-14H,(H,44,45,46)(H4,34,35,36,37,38,39,40,41). The number of hydrogen-bond donors (Lipinski definition) is 5. The number of hydrogen-bond acceptors (Lipinski definition) is 8. The van der Waals surface area contributed by atoms with E-state index in [1.165, 1.54) is 6.07 Å². The van der Waals surface area contributed by atoms with Gasteiger partial charge in [0, 0.05) is 53.8 Å². The Labute approximate surface area is 273 Å². The zero-order valence-electron chi connectivity index (χ0n) is 24.1. The second kappa shape index (κ2) is 9.95. The van der Waals surface area contributed by atoms with Gasteiger partial charge in [0.1, 0.15) is 55.0 Å². The summed E-state index contributed by atoms with van der Waals surface area (Å²) in [5.74, 6) is 1.62. The molecular weight excluding hydrogens is 676 g/mol. The Kier molecular flexibility index (Phi) is 5.93. The van der Waals surface area contributed by atoms with Crippen molar-refractivity contribution in [2.75, 3.05) is 0 Å². The Hall–Kier alpha value is -5.61. The molecule has 5 heterocycles. The number of benzene rings is 4. The second-order valence-electron chi connectivity index (χ2n) is 11.1. The van der Waals surface area contributed by atoms with E-state index in [-0.39, 0.29) is 27.6 Å². The quantitative estimate of drug-likeness (QED) is 0.126. The summed E-state index contributed by atoms with van der Waals surface area (Å²) in [5.41, 5.74) is 1.17. The summed E-state index contributed by atoms with van der Waals surface area (Å²) >= 11 is 0. The van der Waals surface area contributed by atoms with E-state index in [1.807, 2.05) is 72.8 Å². The first-order valence-electron chi connectivity index (χ1n) is 14.3. The summed E-state index contributed by atoms with van der Waals surface area (Å²) < 4.78 is 61.0. The van der Waals surface area contributed by atoms with Crippen LogP contribution in [-0.2, 0) is 19.2 Å². The van der Waals surface area contributed by atoms with Gasteiger partial charge in [-0.15, -0.1) is 0 Å². The molecule has 13 nitrogen and oxygen atoms in total. The van der Waals surface area contributed by atoms with Crippen LogP contribution in [0.2, 0.25) is 0 Å². The molecule has 9 rings (SSSR count). The fraction of sp³-hybridized carbons (Fsp3) is 0. The number of H-pyrrole nitrogens is 4. The van der Waals surface area contributed by atoms with Crippen molar-refractivity contribution in [3.05, 3.63) is 107 Å². The van der Waals surface area contributed by atoms with Gasteiger partial charge in [-0.3, -0.25) is 4.55 Å². The first-order valence-corrected chi connectivity index (χ1v) is 18.1. The summed E-state index contributed by atoms with van der Waals surface area (Å²) in [7, 11) is -3.94. The summed E-state index contributed by atoms with van der Waals surface area (Å²) in [6, 6.07) is 24.8. The summed E-state index contributed by atoms with van der Waals surface area (Å²) in [6.07, 6.45) is 0. The highest BCUT2D eigenvalue weighted by atomic mass is 35.7. The molecule has 8 aromatic rings. The number of nitrogens with one attached hydrogen (secondary N) is 4. The highest BCUT2D eigenvalue weighted by molar-refractivity contribution is 8.14. The van der Waals surface area contributed by atoms with E-state index in [1.54, 1.807) is 0 Å². The molecule has 0 fully saturated rings. The number of fused-ring (bicyclic) bond motifs is 20. The fourth-order valence-electron chi connectivity index (χ4n) is 6.26. The van der Waals surface area contributed by atoms with Crippen LogP contribution < -0.4 is 22.0 Å². The van der Waals surface area contributed by atoms with E-state index < -0.39 is 29.0 Å². The number of aromatic nitrogens is 4. The van der Waals surface area contributed by atoms with Gasteiger partial charge in [-0.25, -0.2) is 28.4 Å². The lowest BCUT2D eigenvalue weighted by atomic mass is 10.2. The summed E-state index contributed by atoms with van der Waals surface area (Å²) in [5, 5.41) is 4.50. The van der Waals surface area contributed by atoms with Crippen LogP contribution in [0.4, 0.5) is 23.3 Å². The van der Waals surface area contributed by atoms with Gasteiger partial charge >= 0.3 is 0 Å². The van der Waals surface area contributed by atoms with Crippen LogP contribution in [0.25, 0.3) is 43.1 Å². The number of rotatable bonds is 2. The van der Waals surface area contributed by atoms with E-state index >= 15 is 0 Å². The maximum absolute atomic E-state index is 13.0. The third-order valence-corrected chi connectivity index (χ3v) is 10.7. The van der Waals surface area contributed by atoms with Crippen molar-refractivity contribution in [3.8, 4) is 0 Å². The topological polar surface area (TPSA) is 201 Å². The van der Waals surface area contributed by atoms with Crippen LogP contribution in [-0.4, -0.2) is 41.3 Å². The highest BCUT2D eigenvalue weighted by Gasteiger charge is 2.29. The van der Waals surface area contributed by atoms with E-state index in [0.29, 0.717) is 44.6 Å². The molecule has 0 amide bonds. The Morgan fingerprint density at radius 2 is 0.854 bits per heavy atom. The minimum Gasteiger partial charge on any atom is -0.324 e. The Balaban J connectivity index is 1.54. The average molecular weight is 695 g/mol. The van der Waals surface area contributed by atoms with E-state index in [9.17, 15) is 21.4 Å². The average Bonchev–Trinajstić information content (AvgIpc) is 3.79. The lowest BCUT2D eigenvalue weighted by Crippen LogP contribution is -2.12. The van der Waals surface area contributed by atoms with E-state index in [2.05, 4.69) is 19.9 Å². The van der Waals surface area contributed by atoms with Crippen molar-refractivity contribution >= 4 is 96.2 Å². The van der Waals surface area contributed by atoms with Crippen molar-refractivity contribution in [2.24, 2.45) is 20.0 Å². The molecule has 0 saturated heterocycles. The van der Waals surface area contributed by atoms with Crippen molar-refractivity contribution in [2.45, 2.75) is 9.79 Å². The van der Waals surface area contributed by atoms with Gasteiger partial charge in [-0.1, -0.05) is 72.8 Å². The molecule has 0 atom stereocenters. The van der Waals surface area contributed by atoms with Gasteiger partial charge in [-0.05, 0) is 12.1 Å². The first kappa shape index (κ1) is 28.6. The van der Waals surface area contributed by atoms with Crippen molar-refractivity contribution < 1.29 is 21.4 Å². The molecule has 236 valence electrons. The predicted octanol–water partition coefficient (Wildman–Crippen LogP) is 4.90. The lowest BCUT2D eigenvalue weighted by molar-refractivity contribution is 0.480. The van der Waals surface area contributed by atoms with Crippen LogP contribution in [0.5, 0.6) is 0 Å². The van der Waals surface area contributed by atoms with Gasteiger partial charge in [0.2, 0.25) is 0 Å². The zero-order valence-corrected chi connectivity index (χ0v) is 26.5. The van der Waals surface area contributed by atoms with Gasteiger partial charge in [0.15, 0.2) is 0 Å². The van der Waals surface area contributed by atoms with Gasteiger partial charge in [-0.2, -0.15) is 8.42 Å². The molecule has 0 spiro atoms. The molecule has 16 heteroatoms. The molecule has 8 bridgehead atoms. The maximum Gasteiger partial charge on any atom is 0.295 e.